The van der Waals surface area contributed by atoms with Gasteiger partial charge in [-0.25, -0.2) is 4.98 Å². The summed E-state index contributed by atoms with van der Waals surface area (Å²) in [4.78, 5) is 4.29. The van der Waals surface area contributed by atoms with Gasteiger partial charge in [0.1, 0.15) is 5.82 Å². The Kier molecular flexibility index (Phi) is 2.13. The van der Waals surface area contributed by atoms with Gasteiger partial charge < -0.3 is 9.67 Å². The van der Waals surface area contributed by atoms with Crippen LogP contribution in [-0.4, -0.2) is 14.7 Å². The van der Waals surface area contributed by atoms with Gasteiger partial charge in [0.25, 0.3) is 0 Å². The molecule has 0 saturated carbocycles. The molecule has 0 fully saturated rings. The van der Waals surface area contributed by atoms with Gasteiger partial charge in [-0.3, -0.25) is 0 Å². The molecule has 1 N–H and O–H groups in total. The predicted octanol–water partition coefficient (Wildman–Crippen LogP) is 1.10. The first kappa shape index (κ1) is 7.80. The molecule has 3 nitrogen and oxygen atoms in total. The monoisotopic (exact) mass is 166 g/mol. The van der Waals surface area contributed by atoms with Crippen molar-refractivity contribution >= 4 is 0 Å². The second kappa shape index (κ2) is 3.27. The fraction of sp³-hybridized carbons (Fsp3) is 0.667. The van der Waals surface area contributed by atoms with Crippen LogP contribution in [0.4, 0.5) is 0 Å². The zero-order valence-electron chi connectivity index (χ0n) is 7.16. The summed E-state index contributed by atoms with van der Waals surface area (Å²) in [6, 6.07) is 0. The molecule has 12 heavy (non-hydrogen) atoms. The average molecular weight is 166 g/mol. The third-order valence-electron chi connectivity index (χ3n) is 2.46. The molecule has 1 aromatic rings. The molecule has 0 radical (unpaired) electrons. The zero-order chi connectivity index (χ0) is 8.39. The van der Waals surface area contributed by atoms with Gasteiger partial charge in [-0.15, -0.1) is 0 Å². The van der Waals surface area contributed by atoms with Crippen LogP contribution in [0.2, 0.25) is 0 Å². The van der Waals surface area contributed by atoms with Gasteiger partial charge in [-0.2, -0.15) is 0 Å². The molecule has 2 heterocycles. The van der Waals surface area contributed by atoms with E-state index in [9.17, 15) is 0 Å². The second-order valence-corrected chi connectivity index (χ2v) is 3.29. The van der Waals surface area contributed by atoms with Crippen molar-refractivity contribution in [3.05, 3.63) is 17.7 Å². The molecule has 0 spiro atoms. The molecular formula is C9H14N2O. The van der Waals surface area contributed by atoms with Crippen molar-refractivity contribution in [2.75, 3.05) is 0 Å². The Morgan fingerprint density at radius 3 is 3.17 bits per heavy atom. The fourth-order valence-electron chi connectivity index (χ4n) is 1.78. The number of fused-ring (bicyclic) bond motifs is 1. The quantitative estimate of drug-likeness (QED) is 0.678. The van der Waals surface area contributed by atoms with E-state index in [1.165, 1.54) is 19.3 Å². The van der Waals surface area contributed by atoms with Crippen molar-refractivity contribution in [2.24, 2.45) is 0 Å². The highest BCUT2D eigenvalue weighted by atomic mass is 16.3. The number of nitrogens with zero attached hydrogens (tertiary/aromatic N) is 2. The molecular weight excluding hydrogens is 152 g/mol. The third-order valence-corrected chi connectivity index (χ3v) is 2.46. The van der Waals surface area contributed by atoms with Gasteiger partial charge in [0, 0.05) is 13.0 Å². The van der Waals surface area contributed by atoms with E-state index in [1.54, 1.807) is 6.20 Å². The summed E-state index contributed by atoms with van der Waals surface area (Å²) in [7, 11) is 0. The average Bonchev–Trinajstić information content (AvgIpc) is 2.33. The maximum Gasteiger partial charge on any atom is 0.108 e. The normalized spacial score (nSPS) is 17.1. The molecule has 1 aromatic heterocycles. The highest BCUT2D eigenvalue weighted by Crippen LogP contribution is 2.15. The summed E-state index contributed by atoms with van der Waals surface area (Å²) in [5.74, 6) is 1.15. The lowest BCUT2D eigenvalue weighted by Crippen LogP contribution is -2.04. The molecule has 0 atom stereocenters. The molecule has 1 aliphatic heterocycles. The van der Waals surface area contributed by atoms with Gasteiger partial charge in [0.2, 0.25) is 0 Å². The first-order valence-electron chi connectivity index (χ1n) is 4.56. The number of aryl methyl sites for hydroxylation is 1. The molecule has 0 unspecified atom stereocenters. The summed E-state index contributed by atoms with van der Waals surface area (Å²) in [5.41, 5.74) is 0.965. The van der Waals surface area contributed by atoms with Crippen molar-refractivity contribution < 1.29 is 5.11 Å². The topological polar surface area (TPSA) is 38.1 Å². The van der Waals surface area contributed by atoms with Crippen LogP contribution < -0.4 is 0 Å². The van der Waals surface area contributed by atoms with E-state index >= 15 is 0 Å². The molecule has 0 aliphatic carbocycles. The third kappa shape index (κ3) is 1.25. The number of aliphatic hydroxyl groups excluding tert-OH is 1. The minimum atomic E-state index is 0.118. The summed E-state index contributed by atoms with van der Waals surface area (Å²) in [5, 5.41) is 9.01. The van der Waals surface area contributed by atoms with Crippen molar-refractivity contribution in [1.82, 2.24) is 9.55 Å². The van der Waals surface area contributed by atoms with Crippen LogP contribution in [0.3, 0.4) is 0 Å². The molecule has 66 valence electrons. The van der Waals surface area contributed by atoms with Crippen LogP contribution in [0.15, 0.2) is 6.20 Å². The zero-order valence-corrected chi connectivity index (χ0v) is 7.16. The molecule has 0 bridgehead atoms. The van der Waals surface area contributed by atoms with E-state index in [0.717, 1.165) is 24.5 Å². The first-order chi connectivity index (χ1) is 5.92. The smallest absolute Gasteiger partial charge is 0.108 e. The first-order valence-corrected chi connectivity index (χ1v) is 4.56. The van der Waals surface area contributed by atoms with Crippen LogP contribution in [0.25, 0.3) is 0 Å². The molecule has 0 aromatic carbocycles. The summed E-state index contributed by atoms with van der Waals surface area (Å²) in [6.45, 7) is 1.15. The standard InChI is InChI=1S/C9H14N2O/c12-7-8-6-10-9-4-2-1-3-5-11(8)9/h6,12H,1-5,7H2. The van der Waals surface area contributed by atoms with Gasteiger partial charge in [-0.05, 0) is 12.8 Å². The van der Waals surface area contributed by atoms with Crippen LogP contribution in [0.5, 0.6) is 0 Å². The number of imidazole rings is 1. The molecule has 2 rings (SSSR count). The van der Waals surface area contributed by atoms with Gasteiger partial charge in [0.15, 0.2) is 0 Å². The number of aromatic nitrogens is 2. The summed E-state index contributed by atoms with van der Waals surface area (Å²) < 4.78 is 2.16. The van der Waals surface area contributed by atoms with Crippen LogP contribution in [-0.2, 0) is 19.6 Å². The SMILES string of the molecule is OCc1cnc2n1CCCCC2. The van der Waals surface area contributed by atoms with Crippen LogP contribution in [0.1, 0.15) is 30.8 Å². The van der Waals surface area contributed by atoms with Crippen molar-refractivity contribution in [3.8, 4) is 0 Å². The maximum atomic E-state index is 9.01. The Morgan fingerprint density at radius 2 is 2.33 bits per heavy atom. The van der Waals surface area contributed by atoms with E-state index in [2.05, 4.69) is 9.55 Å². The van der Waals surface area contributed by atoms with Crippen molar-refractivity contribution in [2.45, 2.75) is 38.8 Å². The summed E-state index contributed by atoms with van der Waals surface area (Å²) in [6.07, 6.45) is 6.60. The Morgan fingerprint density at radius 1 is 1.42 bits per heavy atom. The van der Waals surface area contributed by atoms with Crippen molar-refractivity contribution in [1.29, 1.82) is 0 Å². The van der Waals surface area contributed by atoms with Crippen LogP contribution in [0, 0.1) is 0 Å². The van der Waals surface area contributed by atoms with Crippen molar-refractivity contribution in [3.63, 3.8) is 0 Å². The number of hydrogen-bond donors (Lipinski definition) is 1. The molecule has 0 saturated heterocycles. The second-order valence-electron chi connectivity index (χ2n) is 3.29. The summed E-state index contributed by atoms with van der Waals surface area (Å²) >= 11 is 0. The Balaban J connectivity index is 2.32. The van der Waals surface area contributed by atoms with Gasteiger partial charge >= 0.3 is 0 Å². The number of hydrogen-bond acceptors (Lipinski definition) is 2. The largest absolute Gasteiger partial charge is 0.390 e. The number of aliphatic hydroxyl groups is 1. The minimum absolute atomic E-state index is 0.118. The lowest BCUT2D eigenvalue weighted by Gasteiger charge is -2.05. The Labute approximate surface area is 72.0 Å². The maximum absolute atomic E-state index is 9.01. The van der Waals surface area contributed by atoms with E-state index in [-0.39, 0.29) is 6.61 Å². The Bertz CT molecular complexity index is 267. The molecule has 0 amide bonds. The highest BCUT2D eigenvalue weighted by molar-refractivity contribution is 5.05. The lowest BCUT2D eigenvalue weighted by atomic mass is 10.2. The predicted molar refractivity (Wildman–Crippen MR) is 45.7 cm³/mol. The van der Waals surface area contributed by atoms with E-state index in [1.807, 2.05) is 0 Å². The molecule has 3 heteroatoms. The van der Waals surface area contributed by atoms with E-state index in [4.69, 9.17) is 5.11 Å². The Hall–Kier alpha value is -0.830. The highest BCUT2D eigenvalue weighted by Gasteiger charge is 2.11. The van der Waals surface area contributed by atoms with E-state index < -0.39 is 0 Å². The van der Waals surface area contributed by atoms with Gasteiger partial charge in [-0.1, -0.05) is 6.42 Å². The molecule has 1 aliphatic rings. The fourth-order valence-corrected chi connectivity index (χ4v) is 1.78. The van der Waals surface area contributed by atoms with Gasteiger partial charge in [0.05, 0.1) is 18.5 Å². The number of rotatable bonds is 1. The van der Waals surface area contributed by atoms with E-state index in [0.29, 0.717) is 0 Å². The van der Waals surface area contributed by atoms with Crippen LogP contribution >= 0.6 is 0 Å². The minimum Gasteiger partial charge on any atom is -0.390 e. The lowest BCUT2D eigenvalue weighted by molar-refractivity contribution is 0.270.